The van der Waals surface area contributed by atoms with Gasteiger partial charge in [-0.1, -0.05) is 90.2 Å². The van der Waals surface area contributed by atoms with Crippen molar-refractivity contribution in [3.63, 3.8) is 0 Å². The summed E-state index contributed by atoms with van der Waals surface area (Å²) in [6.07, 6.45) is 24.8. The van der Waals surface area contributed by atoms with Crippen LogP contribution in [-0.4, -0.2) is 5.24 Å². The van der Waals surface area contributed by atoms with E-state index in [4.69, 9.17) is 11.6 Å². The number of unbranched alkanes of at least 4 members (excludes halogenated alkanes) is 10. The first-order valence-corrected chi connectivity index (χ1v) is 10.9. The minimum Gasteiger partial charge on any atom is -0.281 e. The summed E-state index contributed by atoms with van der Waals surface area (Å²) in [6.45, 7) is 4.70. The zero-order valence-corrected chi connectivity index (χ0v) is 17.1. The first-order valence-electron chi connectivity index (χ1n) is 10.5. The Hall–Kier alpha value is -0.300. The number of hydrogen-bond donors (Lipinski definition) is 0. The third kappa shape index (κ3) is 19.7. The van der Waals surface area contributed by atoms with Gasteiger partial charge in [0.1, 0.15) is 0 Å². The molecule has 0 N–H and O–H groups in total. The molecule has 0 amide bonds. The minimum absolute atomic E-state index is 0.204. The average molecular weight is 357 g/mol. The number of rotatable bonds is 18. The van der Waals surface area contributed by atoms with E-state index in [-0.39, 0.29) is 5.24 Å². The van der Waals surface area contributed by atoms with E-state index in [0.717, 1.165) is 25.2 Å². The van der Waals surface area contributed by atoms with Crippen molar-refractivity contribution >= 4 is 16.8 Å². The van der Waals surface area contributed by atoms with Crippen molar-refractivity contribution in [3.8, 4) is 0 Å². The number of carbonyl (C=O) groups excluding carboxylic acids is 1. The molecule has 0 aliphatic rings. The van der Waals surface area contributed by atoms with E-state index in [0.29, 0.717) is 6.42 Å². The van der Waals surface area contributed by atoms with Crippen molar-refractivity contribution in [3.05, 3.63) is 12.2 Å². The molecule has 1 atom stereocenters. The smallest absolute Gasteiger partial charge is 0.221 e. The molecule has 0 fully saturated rings. The Morgan fingerprint density at radius 2 is 1.29 bits per heavy atom. The molecule has 0 heterocycles. The summed E-state index contributed by atoms with van der Waals surface area (Å²) in [4.78, 5) is 10.6. The lowest BCUT2D eigenvalue weighted by Gasteiger charge is -2.10. The van der Waals surface area contributed by atoms with Crippen LogP contribution in [0, 0.1) is 5.92 Å². The molecule has 1 unspecified atom stereocenters. The van der Waals surface area contributed by atoms with Gasteiger partial charge in [-0.05, 0) is 49.6 Å². The maximum absolute atomic E-state index is 10.6. The first-order chi connectivity index (χ1) is 11.7. The van der Waals surface area contributed by atoms with Crippen LogP contribution in [-0.2, 0) is 4.79 Å². The van der Waals surface area contributed by atoms with E-state index in [1.807, 2.05) is 0 Å². The fourth-order valence-electron chi connectivity index (χ4n) is 3.11. The van der Waals surface area contributed by atoms with Gasteiger partial charge in [-0.15, -0.1) is 0 Å². The number of allylic oxidation sites excluding steroid dienone is 2. The molecule has 0 aliphatic carbocycles. The van der Waals surface area contributed by atoms with Gasteiger partial charge in [-0.25, -0.2) is 0 Å². The summed E-state index contributed by atoms with van der Waals surface area (Å²) in [5.74, 6) is 0.901. The number of halogens is 1. The molecular weight excluding hydrogens is 316 g/mol. The van der Waals surface area contributed by atoms with Crippen LogP contribution >= 0.6 is 11.6 Å². The van der Waals surface area contributed by atoms with Crippen LogP contribution in [0.4, 0.5) is 0 Å². The lowest BCUT2D eigenvalue weighted by Crippen LogP contribution is -1.95. The topological polar surface area (TPSA) is 17.1 Å². The molecule has 0 spiro atoms. The van der Waals surface area contributed by atoms with Crippen LogP contribution in [0.15, 0.2) is 12.2 Å². The fourth-order valence-corrected chi connectivity index (χ4v) is 3.24. The van der Waals surface area contributed by atoms with Crippen molar-refractivity contribution in [2.45, 2.75) is 117 Å². The Balaban J connectivity index is 3.25. The average Bonchev–Trinajstić information content (AvgIpc) is 2.55. The standard InChI is InChI=1S/C22H41ClO/c1-3-4-5-6-9-12-15-18-21(2)19-16-13-10-7-8-11-14-17-20-22(23)24/h7-8,21H,3-6,9-20H2,1-2H3. The predicted octanol–water partition coefficient (Wildman–Crippen LogP) is 8.21. The maximum atomic E-state index is 10.6. The summed E-state index contributed by atoms with van der Waals surface area (Å²) in [6, 6.07) is 0. The molecule has 24 heavy (non-hydrogen) atoms. The summed E-state index contributed by atoms with van der Waals surface area (Å²) in [7, 11) is 0. The van der Waals surface area contributed by atoms with Crippen molar-refractivity contribution in [1.29, 1.82) is 0 Å². The van der Waals surface area contributed by atoms with Gasteiger partial charge in [-0.2, -0.15) is 0 Å². The van der Waals surface area contributed by atoms with Crippen molar-refractivity contribution in [2.24, 2.45) is 5.92 Å². The van der Waals surface area contributed by atoms with Gasteiger partial charge in [0.05, 0.1) is 0 Å². The molecule has 0 saturated heterocycles. The molecule has 0 aliphatic heterocycles. The summed E-state index contributed by atoms with van der Waals surface area (Å²) < 4.78 is 0. The lowest BCUT2D eigenvalue weighted by molar-refractivity contribution is -0.111. The van der Waals surface area contributed by atoms with Crippen molar-refractivity contribution < 1.29 is 4.79 Å². The van der Waals surface area contributed by atoms with E-state index in [2.05, 4.69) is 26.0 Å². The monoisotopic (exact) mass is 356 g/mol. The second-order valence-electron chi connectivity index (χ2n) is 7.37. The highest BCUT2D eigenvalue weighted by molar-refractivity contribution is 6.63. The Bertz CT molecular complexity index is 298. The van der Waals surface area contributed by atoms with Crippen LogP contribution in [0.2, 0.25) is 0 Å². The Morgan fingerprint density at radius 3 is 1.88 bits per heavy atom. The van der Waals surface area contributed by atoms with Gasteiger partial charge in [-0.3, -0.25) is 4.79 Å². The normalized spacial score (nSPS) is 12.8. The predicted molar refractivity (Wildman–Crippen MR) is 109 cm³/mol. The minimum atomic E-state index is -0.204. The molecule has 0 rings (SSSR count). The fraction of sp³-hybridized carbons (Fsp3) is 0.864. The van der Waals surface area contributed by atoms with E-state index >= 15 is 0 Å². The first kappa shape index (κ1) is 23.7. The molecule has 0 radical (unpaired) electrons. The highest BCUT2D eigenvalue weighted by Crippen LogP contribution is 2.18. The van der Waals surface area contributed by atoms with Crippen LogP contribution in [0.25, 0.3) is 0 Å². The largest absolute Gasteiger partial charge is 0.281 e. The van der Waals surface area contributed by atoms with Gasteiger partial charge >= 0.3 is 0 Å². The number of carbonyl (C=O) groups is 1. The second-order valence-corrected chi connectivity index (χ2v) is 7.79. The highest BCUT2D eigenvalue weighted by atomic mass is 35.5. The molecule has 0 bridgehead atoms. The third-order valence-corrected chi connectivity index (χ3v) is 4.97. The molecule has 0 aromatic carbocycles. The van der Waals surface area contributed by atoms with E-state index in [1.54, 1.807) is 0 Å². The molecule has 0 saturated carbocycles. The van der Waals surface area contributed by atoms with Gasteiger partial charge in [0.15, 0.2) is 0 Å². The van der Waals surface area contributed by atoms with Gasteiger partial charge < -0.3 is 0 Å². The maximum Gasteiger partial charge on any atom is 0.221 e. The van der Waals surface area contributed by atoms with E-state index in [1.165, 1.54) is 77.0 Å². The lowest BCUT2D eigenvalue weighted by atomic mass is 9.96. The zero-order valence-electron chi connectivity index (χ0n) is 16.3. The Labute approximate surface area is 156 Å². The summed E-state index contributed by atoms with van der Waals surface area (Å²) in [5, 5.41) is -0.204. The van der Waals surface area contributed by atoms with Gasteiger partial charge in [0.2, 0.25) is 5.24 Å². The molecular formula is C22H41ClO. The highest BCUT2D eigenvalue weighted by Gasteiger charge is 2.01. The third-order valence-electron chi connectivity index (χ3n) is 4.78. The zero-order chi connectivity index (χ0) is 17.9. The van der Waals surface area contributed by atoms with Crippen LogP contribution < -0.4 is 0 Å². The SMILES string of the molecule is CCCCCCCCCC(C)CCCCC=CCCCCC(=O)Cl. The van der Waals surface area contributed by atoms with E-state index < -0.39 is 0 Å². The Kier molecular flexibility index (Phi) is 18.8. The molecule has 1 nitrogen and oxygen atoms in total. The van der Waals surface area contributed by atoms with Crippen molar-refractivity contribution in [2.75, 3.05) is 0 Å². The summed E-state index contributed by atoms with van der Waals surface area (Å²) >= 11 is 5.31. The van der Waals surface area contributed by atoms with Crippen LogP contribution in [0.1, 0.15) is 117 Å². The van der Waals surface area contributed by atoms with Gasteiger partial charge in [0, 0.05) is 6.42 Å². The van der Waals surface area contributed by atoms with Crippen molar-refractivity contribution in [1.82, 2.24) is 0 Å². The molecule has 0 aromatic rings. The molecule has 2 heteroatoms. The quantitative estimate of drug-likeness (QED) is 0.137. The number of hydrogen-bond acceptors (Lipinski definition) is 1. The van der Waals surface area contributed by atoms with Crippen LogP contribution in [0.3, 0.4) is 0 Å². The molecule has 0 aromatic heterocycles. The van der Waals surface area contributed by atoms with Crippen LogP contribution in [0.5, 0.6) is 0 Å². The molecule has 142 valence electrons. The Morgan fingerprint density at radius 1 is 0.792 bits per heavy atom. The second kappa shape index (κ2) is 19.0. The van der Waals surface area contributed by atoms with E-state index in [9.17, 15) is 4.79 Å². The van der Waals surface area contributed by atoms with Gasteiger partial charge in [0.25, 0.3) is 0 Å². The summed E-state index contributed by atoms with van der Waals surface area (Å²) in [5.41, 5.74) is 0.